The Kier molecular flexibility index (Phi) is 10.9. The van der Waals surface area contributed by atoms with Crippen LogP contribution in [0.25, 0.3) is 5.57 Å². The van der Waals surface area contributed by atoms with Crippen molar-refractivity contribution >= 4 is 17.4 Å². The number of aromatic hydroxyl groups is 1. The van der Waals surface area contributed by atoms with E-state index in [0.29, 0.717) is 0 Å². The third-order valence-corrected chi connectivity index (χ3v) is 8.37. The summed E-state index contributed by atoms with van der Waals surface area (Å²) in [6.45, 7) is 11.5. The molecule has 1 aliphatic carbocycles. The molecule has 2 aliphatic heterocycles. The van der Waals surface area contributed by atoms with Crippen LogP contribution in [0.5, 0.6) is 5.75 Å². The van der Waals surface area contributed by atoms with Gasteiger partial charge in [0.1, 0.15) is 61.2 Å². The highest BCUT2D eigenvalue weighted by Crippen LogP contribution is 2.48. The van der Waals surface area contributed by atoms with E-state index in [-0.39, 0.29) is 46.7 Å². The first-order chi connectivity index (χ1) is 21.6. The van der Waals surface area contributed by atoms with E-state index in [9.17, 15) is 45.3 Å². The number of hydrogen-bond acceptors (Lipinski definition) is 15. The molecule has 17 heteroatoms. The number of phenolic OH excluding ortho intramolecular Hbond substituents is 1. The average molecular weight is 653 g/mol. The fourth-order valence-corrected chi connectivity index (χ4v) is 5.74. The number of carbonyl (C=O) groups excluding carboxylic acids is 1. The highest BCUT2D eigenvalue weighted by Gasteiger charge is 2.50. The summed E-state index contributed by atoms with van der Waals surface area (Å²) in [5.74, 6) is -2.70. The number of carboxylic acid groups (broad SMARTS) is 1. The standard InChI is InChI=1S/C29H40N4O13/c1-9-6-14-17(21(37)16(9)26(40)33-12(4)27(41)42)10(2)11(3)19(35)24(14)45-29-23(39)25(18(13(5)44-29)31-8-32-30)46-28-22(38)20(36)15(34)7-43-28/h6,12-13,15,18-20,22-25,28-31,34-39H,2-3,7-8H2,1,4-5H3,(H,33,40)(H,41,42). The lowest BCUT2D eigenvalue weighted by Gasteiger charge is -2.47. The Bertz CT molecular complexity index is 1370. The predicted octanol–water partition coefficient (Wildman–Crippen LogP) is -1.22. The van der Waals surface area contributed by atoms with Crippen LogP contribution in [0.2, 0.25) is 0 Å². The van der Waals surface area contributed by atoms with Gasteiger partial charge in [0.25, 0.3) is 5.91 Å². The summed E-state index contributed by atoms with van der Waals surface area (Å²) in [6, 6.07) is -0.670. The van der Waals surface area contributed by atoms with Gasteiger partial charge in [-0.25, -0.2) is 5.53 Å². The lowest BCUT2D eigenvalue weighted by molar-refractivity contribution is -0.338. The number of hydrogen-bond donors (Lipinski definition) is 10. The number of aliphatic hydroxyl groups excluding tert-OH is 5. The number of aliphatic carboxylic acids is 1. The molecule has 0 spiro atoms. The minimum atomic E-state index is -1.69. The van der Waals surface area contributed by atoms with Crippen molar-refractivity contribution in [2.24, 2.45) is 5.11 Å². The summed E-state index contributed by atoms with van der Waals surface area (Å²) in [4.78, 5) is 24.3. The molecular formula is C29H40N4O13. The van der Waals surface area contributed by atoms with E-state index < -0.39 is 91.1 Å². The van der Waals surface area contributed by atoms with Crippen molar-refractivity contribution in [1.82, 2.24) is 10.6 Å². The lowest BCUT2D eigenvalue weighted by Crippen LogP contribution is -2.65. The number of nitrogens with one attached hydrogen (secondary N) is 3. The molecule has 1 aromatic carbocycles. The fourth-order valence-electron chi connectivity index (χ4n) is 5.74. The number of carboxylic acids is 1. The van der Waals surface area contributed by atoms with Crippen molar-refractivity contribution in [1.29, 1.82) is 5.53 Å². The van der Waals surface area contributed by atoms with Gasteiger partial charge in [-0.1, -0.05) is 19.2 Å². The average Bonchev–Trinajstić information content (AvgIpc) is 2.99. The van der Waals surface area contributed by atoms with Crippen LogP contribution in [0.15, 0.2) is 29.9 Å². The molecule has 4 rings (SSSR count). The Labute approximate surface area is 263 Å². The molecule has 17 nitrogen and oxygen atoms in total. The lowest BCUT2D eigenvalue weighted by atomic mass is 9.78. The molecule has 3 aliphatic rings. The second-order valence-electron chi connectivity index (χ2n) is 11.5. The molecule has 12 atom stereocenters. The van der Waals surface area contributed by atoms with Gasteiger partial charge in [-0.2, -0.15) is 5.11 Å². The number of rotatable bonds is 10. The zero-order chi connectivity index (χ0) is 34.2. The number of aliphatic hydroxyl groups is 5. The van der Waals surface area contributed by atoms with E-state index in [1.807, 2.05) is 0 Å². The maximum absolute atomic E-state index is 13.0. The largest absolute Gasteiger partial charge is 0.506 e. The summed E-state index contributed by atoms with van der Waals surface area (Å²) >= 11 is 0. The normalized spacial score (nSPS) is 35.3. The van der Waals surface area contributed by atoms with E-state index in [1.54, 1.807) is 6.92 Å². The number of benzene rings is 1. The summed E-state index contributed by atoms with van der Waals surface area (Å²) < 4.78 is 23.4. The highest BCUT2D eigenvalue weighted by molar-refractivity contribution is 6.03. The first-order valence-corrected chi connectivity index (χ1v) is 14.4. The third-order valence-electron chi connectivity index (χ3n) is 8.37. The van der Waals surface area contributed by atoms with E-state index in [1.165, 1.54) is 19.9 Å². The van der Waals surface area contributed by atoms with E-state index in [2.05, 4.69) is 28.9 Å². The molecule has 254 valence electrons. The van der Waals surface area contributed by atoms with Crippen molar-refractivity contribution in [2.45, 2.75) is 94.3 Å². The van der Waals surface area contributed by atoms with Gasteiger partial charge in [0.05, 0.1) is 24.3 Å². The first kappa shape index (κ1) is 35.5. The molecule has 2 heterocycles. The topological polar surface area (TPSA) is 273 Å². The zero-order valence-electron chi connectivity index (χ0n) is 25.4. The summed E-state index contributed by atoms with van der Waals surface area (Å²) in [7, 11) is 0. The number of fused-ring (bicyclic) bond motifs is 1. The maximum Gasteiger partial charge on any atom is 0.325 e. The van der Waals surface area contributed by atoms with E-state index in [4.69, 9.17) is 24.5 Å². The molecule has 10 N–H and O–H groups in total. The van der Waals surface area contributed by atoms with Crippen LogP contribution in [0.4, 0.5) is 0 Å². The molecule has 0 saturated carbocycles. The molecule has 1 aromatic rings. The van der Waals surface area contributed by atoms with Gasteiger partial charge in [-0.3, -0.25) is 14.9 Å². The van der Waals surface area contributed by atoms with Crippen LogP contribution in [0.3, 0.4) is 0 Å². The fraction of sp³-hybridized carbons (Fsp3) is 0.586. The second-order valence-corrected chi connectivity index (χ2v) is 11.5. The van der Waals surface area contributed by atoms with Gasteiger partial charge in [0.2, 0.25) is 0 Å². The molecule has 12 unspecified atom stereocenters. The van der Waals surface area contributed by atoms with Crippen molar-refractivity contribution in [3.05, 3.63) is 47.1 Å². The van der Waals surface area contributed by atoms with Crippen LogP contribution in [-0.2, 0) is 23.7 Å². The number of ether oxygens (including phenoxy) is 4. The molecule has 0 bridgehead atoms. The minimum Gasteiger partial charge on any atom is -0.506 e. The number of nitrogens with zero attached hydrogens (tertiary/aromatic N) is 1. The third kappa shape index (κ3) is 6.70. The number of aryl methyl sites for hydroxylation is 1. The van der Waals surface area contributed by atoms with Crippen LogP contribution < -0.4 is 10.6 Å². The molecule has 46 heavy (non-hydrogen) atoms. The second kappa shape index (κ2) is 14.2. The van der Waals surface area contributed by atoms with Gasteiger partial charge in [-0.05, 0) is 43.0 Å². The number of carbonyl (C=O) groups is 2. The Morgan fingerprint density at radius 2 is 1.80 bits per heavy atom. The summed E-state index contributed by atoms with van der Waals surface area (Å²) in [5.41, 5.74) is 7.43. The van der Waals surface area contributed by atoms with Crippen molar-refractivity contribution in [3.63, 3.8) is 0 Å². The highest BCUT2D eigenvalue weighted by atomic mass is 16.7. The predicted molar refractivity (Wildman–Crippen MR) is 155 cm³/mol. The SMILES string of the molecule is C=C1C(=C)C(O)C(OC2OC(C)C(NCN=N)C(OC3OCC(O)C(O)C3O)C2O)c2cc(C)c(C(=O)NC(C)C(=O)O)c(O)c21. The van der Waals surface area contributed by atoms with Crippen LogP contribution in [0, 0.1) is 12.5 Å². The summed E-state index contributed by atoms with van der Waals surface area (Å²) in [5, 5.41) is 82.0. The zero-order valence-corrected chi connectivity index (χ0v) is 25.4. The van der Waals surface area contributed by atoms with Gasteiger partial charge < -0.3 is 60.0 Å². The smallest absolute Gasteiger partial charge is 0.325 e. The van der Waals surface area contributed by atoms with Crippen LogP contribution >= 0.6 is 0 Å². The Balaban J connectivity index is 1.68. The van der Waals surface area contributed by atoms with E-state index >= 15 is 0 Å². The molecule has 0 aromatic heterocycles. The summed E-state index contributed by atoms with van der Waals surface area (Å²) in [6.07, 6.45) is -14.2. The number of amides is 1. The van der Waals surface area contributed by atoms with Gasteiger partial charge >= 0.3 is 5.97 Å². The van der Waals surface area contributed by atoms with Crippen LogP contribution in [-0.4, -0.2) is 128 Å². The van der Waals surface area contributed by atoms with Gasteiger partial charge in [0.15, 0.2) is 12.6 Å². The molecule has 0 radical (unpaired) electrons. The van der Waals surface area contributed by atoms with Crippen molar-refractivity contribution < 1.29 is 64.3 Å². The van der Waals surface area contributed by atoms with E-state index in [0.717, 1.165) is 0 Å². The Morgan fingerprint density at radius 3 is 2.43 bits per heavy atom. The molecule has 2 saturated heterocycles. The number of phenols is 1. The van der Waals surface area contributed by atoms with Crippen LogP contribution in [0.1, 0.15) is 47.0 Å². The minimum absolute atomic E-state index is 0.00745. The van der Waals surface area contributed by atoms with Gasteiger partial charge in [0, 0.05) is 5.56 Å². The Hall–Kier alpha value is -3.36. The Morgan fingerprint density at radius 1 is 1.13 bits per heavy atom. The molecule has 1 amide bonds. The first-order valence-electron chi connectivity index (χ1n) is 14.4. The maximum atomic E-state index is 13.0. The molecular weight excluding hydrogens is 612 g/mol. The molecule has 2 fully saturated rings. The quantitative estimate of drug-likeness (QED) is 0.133. The van der Waals surface area contributed by atoms with Crippen molar-refractivity contribution in [2.75, 3.05) is 13.3 Å². The monoisotopic (exact) mass is 652 g/mol. The van der Waals surface area contributed by atoms with Gasteiger partial charge in [-0.15, -0.1) is 0 Å². The van der Waals surface area contributed by atoms with Crippen molar-refractivity contribution in [3.8, 4) is 5.75 Å².